The molecular weight excluding hydrogens is 174 g/mol. The SMILES string of the molecule is CCCN1CCCC(C#N)(NC)CC1. The van der Waals surface area contributed by atoms with Gasteiger partial charge < -0.3 is 10.2 Å². The Morgan fingerprint density at radius 2 is 2.21 bits per heavy atom. The average molecular weight is 195 g/mol. The largest absolute Gasteiger partial charge is 0.303 e. The number of hydrogen-bond acceptors (Lipinski definition) is 3. The molecule has 1 rings (SSSR count). The second-order valence-corrected chi connectivity index (χ2v) is 4.14. The molecule has 1 unspecified atom stereocenters. The normalized spacial score (nSPS) is 29.5. The summed E-state index contributed by atoms with van der Waals surface area (Å²) in [6.45, 7) is 5.59. The Morgan fingerprint density at radius 1 is 1.43 bits per heavy atom. The van der Waals surface area contributed by atoms with E-state index in [4.69, 9.17) is 5.26 Å². The summed E-state index contributed by atoms with van der Waals surface area (Å²) in [5.41, 5.74) is -0.261. The molecule has 0 radical (unpaired) electrons. The van der Waals surface area contributed by atoms with Crippen LogP contribution in [0.4, 0.5) is 0 Å². The van der Waals surface area contributed by atoms with E-state index >= 15 is 0 Å². The van der Waals surface area contributed by atoms with E-state index in [1.54, 1.807) is 0 Å². The molecule has 1 saturated heterocycles. The maximum Gasteiger partial charge on any atom is 0.107 e. The molecule has 1 heterocycles. The number of likely N-dealkylation sites (tertiary alicyclic amines) is 1. The van der Waals surface area contributed by atoms with Crippen molar-refractivity contribution in [3.8, 4) is 6.07 Å². The number of nitrogens with one attached hydrogen (secondary N) is 1. The lowest BCUT2D eigenvalue weighted by molar-refractivity contribution is 0.278. The third kappa shape index (κ3) is 2.70. The fraction of sp³-hybridized carbons (Fsp3) is 0.909. The summed E-state index contributed by atoms with van der Waals surface area (Å²) in [5.74, 6) is 0. The van der Waals surface area contributed by atoms with Gasteiger partial charge in [-0.1, -0.05) is 6.92 Å². The van der Waals surface area contributed by atoms with Gasteiger partial charge in [-0.15, -0.1) is 0 Å². The quantitative estimate of drug-likeness (QED) is 0.739. The molecule has 0 amide bonds. The summed E-state index contributed by atoms with van der Waals surface area (Å²) in [4.78, 5) is 2.47. The van der Waals surface area contributed by atoms with E-state index in [1.165, 1.54) is 13.0 Å². The van der Waals surface area contributed by atoms with Gasteiger partial charge in [0.1, 0.15) is 5.54 Å². The van der Waals surface area contributed by atoms with Gasteiger partial charge in [-0.05, 0) is 45.8 Å². The van der Waals surface area contributed by atoms with Crippen molar-refractivity contribution >= 4 is 0 Å². The Morgan fingerprint density at radius 3 is 2.79 bits per heavy atom. The van der Waals surface area contributed by atoms with Crippen molar-refractivity contribution in [2.75, 3.05) is 26.7 Å². The lowest BCUT2D eigenvalue weighted by atomic mass is 9.93. The van der Waals surface area contributed by atoms with Crippen molar-refractivity contribution in [2.24, 2.45) is 0 Å². The van der Waals surface area contributed by atoms with Crippen LogP contribution in [-0.2, 0) is 0 Å². The fourth-order valence-corrected chi connectivity index (χ4v) is 2.15. The van der Waals surface area contributed by atoms with Gasteiger partial charge in [0, 0.05) is 6.54 Å². The molecular formula is C11H21N3. The van der Waals surface area contributed by atoms with Crippen LogP contribution < -0.4 is 5.32 Å². The Kier molecular flexibility index (Phi) is 4.37. The molecule has 0 aromatic heterocycles. The molecule has 1 aliphatic rings. The maximum absolute atomic E-state index is 9.15. The van der Waals surface area contributed by atoms with Gasteiger partial charge in [-0.25, -0.2) is 0 Å². The van der Waals surface area contributed by atoms with Crippen LogP contribution in [-0.4, -0.2) is 37.1 Å². The topological polar surface area (TPSA) is 39.1 Å². The smallest absolute Gasteiger partial charge is 0.107 e. The molecule has 80 valence electrons. The van der Waals surface area contributed by atoms with E-state index in [0.29, 0.717) is 0 Å². The van der Waals surface area contributed by atoms with Crippen molar-refractivity contribution in [2.45, 2.75) is 38.1 Å². The third-order valence-corrected chi connectivity index (χ3v) is 3.17. The van der Waals surface area contributed by atoms with Gasteiger partial charge in [-0.3, -0.25) is 0 Å². The molecule has 0 saturated carbocycles. The van der Waals surface area contributed by atoms with Gasteiger partial charge in [0.15, 0.2) is 0 Å². The molecule has 3 nitrogen and oxygen atoms in total. The minimum atomic E-state index is -0.261. The average Bonchev–Trinajstić information content (AvgIpc) is 2.42. The summed E-state index contributed by atoms with van der Waals surface area (Å²) < 4.78 is 0. The van der Waals surface area contributed by atoms with E-state index < -0.39 is 0 Å². The van der Waals surface area contributed by atoms with Crippen LogP contribution in [0.2, 0.25) is 0 Å². The highest BCUT2D eigenvalue weighted by atomic mass is 15.1. The summed E-state index contributed by atoms with van der Waals surface area (Å²) >= 11 is 0. The van der Waals surface area contributed by atoms with Gasteiger partial charge in [0.2, 0.25) is 0 Å². The van der Waals surface area contributed by atoms with Gasteiger partial charge >= 0.3 is 0 Å². The molecule has 0 aromatic rings. The van der Waals surface area contributed by atoms with Crippen molar-refractivity contribution in [1.29, 1.82) is 5.26 Å². The Bertz CT molecular complexity index is 209. The molecule has 1 fully saturated rings. The van der Waals surface area contributed by atoms with Crippen LogP contribution in [0.1, 0.15) is 32.6 Å². The molecule has 0 aromatic carbocycles. The highest BCUT2D eigenvalue weighted by Gasteiger charge is 2.30. The standard InChI is InChI=1S/C11H21N3/c1-3-7-14-8-4-5-11(10-12,13-2)6-9-14/h13H,3-9H2,1-2H3. The number of nitrogens with zero attached hydrogens (tertiary/aromatic N) is 2. The second kappa shape index (κ2) is 5.33. The van der Waals surface area contributed by atoms with Gasteiger partial charge in [-0.2, -0.15) is 5.26 Å². The summed E-state index contributed by atoms with van der Waals surface area (Å²) in [7, 11) is 1.90. The fourth-order valence-electron chi connectivity index (χ4n) is 2.15. The van der Waals surface area contributed by atoms with Crippen LogP contribution in [0.3, 0.4) is 0 Å². The third-order valence-electron chi connectivity index (χ3n) is 3.17. The summed E-state index contributed by atoms with van der Waals surface area (Å²) in [6.07, 6.45) is 4.29. The van der Waals surface area contributed by atoms with Crippen LogP contribution >= 0.6 is 0 Å². The minimum absolute atomic E-state index is 0.261. The van der Waals surface area contributed by atoms with Crippen molar-refractivity contribution in [3.63, 3.8) is 0 Å². The van der Waals surface area contributed by atoms with E-state index in [-0.39, 0.29) is 5.54 Å². The Hall–Kier alpha value is -0.590. The monoisotopic (exact) mass is 195 g/mol. The van der Waals surface area contributed by atoms with Gasteiger partial charge in [0.05, 0.1) is 6.07 Å². The first-order valence-electron chi connectivity index (χ1n) is 5.59. The molecule has 14 heavy (non-hydrogen) atoms. The van der Waals surface area contributed by atoms with Crippen LogP contribution in [0.5, 0.6) is 0 Å². The van der Waals surface area contributed by atoms with Crippen molar-refractivity contribution in [3.05, 3.63) is 0 Å². The predicted octanol–water partition coefficient (Wildman–Crippen LogP) is 1.36. The minimum Gasteiger partial charge on any atom is -0.303 e. The Labute approximate surface area is 87.1 Å². The van der Waals surface area contributed by atoms with E-state index in [0.717, 1.165) is 32.4 Å². The van der Waals surface area contributed by atoms with E-state index in [1.807, 2.05) is 7.05 Å². The number of hydrogen-bond donors (Lipinski definition) is 1. The van der Waals surface area contributed by atoms with E-state index in [2.05, 4.69) is 23.2 Å². The maximum atomic E-state index is 9.15. The second-order valence-electron chi connectivity index (χ2n) is 4.14. The Balaban J connectivity index is 2.52. The molecule has 1 aliphatic heterocycles. The lowest BCUT2D eigenvalue weighted by Gasteiger charge is -2.24. The van der Waals surface area contributed by atoms with Crippen LogP contribution in [0.25, 0.3) is 0 Å². The highest BCUT2D eigenvalue weighted by molar-refractivity contribution is 5.07. The van der Waals surface area contributed by atoms with E-state index in [9.17, 15) is 0 Å². The summed E-state index contributed by atoms with van der Waals surface area (Å²) in [5, 5.41) is 12.3. The highest BCUT2D eigenvalue weighted by Crippen LogP contribution is 2.21. The molecule has 3 heteroatoms. The first-order valence-corrected chi connectivity index (χ1v) is 5.59. The zero-order valence-corrected chi connectivity index (χ0v) is 9.34. The molecule has 0 spiro atoms. The molecule has 1 atom stereocenters. The van der Waals surface area contributed by atoms with Crippen molar-refractivity contribution in [1.82, 2.24) is 10.2 Å². The molecule has 0 aliphatic carbocycles. The first-order chi connectivity index (χ1) is 6.76. The zero-order chi connectivity index (χ0) is 10.4. The predicted molar refractivity (Wildman–Crippen MR) is 58.0 cm³/mol. The first kappa shape index (κ1) is 11.5. The number of rotatable bonds is 3. The summed E-state index contributed by atoms with van der Waals surface area (Å²) in [6, 6.07) is 2.43. The van der Waals surface area contributed by atoms with Gasteiger partial charge in [0.25, 0.3) is 0 Å². The van der Waals surface area contributed by atoms with Crippen molar-refractivity contribution < 1.29 is 0 Å². The molecule has 1 N–H and O–H groups in total. The molecule has 0 bridgehead atoms. The van der Waals surface area contributed by atoms with Crippen LogP contribution in [0, 0.1) is 11.3 Å². The lowest BCUT2D eigenvalue weighted by Crippen LogP contribution is -2.42. The number of nitriles is 1. The van der Waals surface area contributed by atoms with Crippen LogP contribution in [0.15, 0.2) is 0 Å². The zero-order valence-electron chi connectivity index (χ0n) is 9.34.